The maximum atomic E-state index is 13.0. The summed E-state index contributed by atoms with van der Waals surface area (Å²) >= 11 is 0. The number of hydrogen-bond donors (Lipinski definition) is 0. The molecule has 0 aromatic heterocycles. The van der Waals surface area contributed by atoms with Crippen LogP contribution < -0.4 is 0 Å². The van der Waals surface area contributed by atoms with Crippen LogP contribution in [-0.2, 0) is 19.1 Å². The summed E-state index contributed by atoms with van der Waals surface area (Å²) in [5, 5.41) is 0. The van der Waals surface area contributed by atoms with E-state index in [2.05, 4.69) is 13.8 Å². The molecule has 6 atom stereocenters. The number of hydrogen-bond acceptors (Lipinski definition) is 4. The van der Waals surface area contributed by atoms with E-state index in [0.29, 0.717) is 30.0 Å². The molecule has 3 saturated carbocycles. The van der Waals surface area contributed by atoms with E-state index >= 15 is 0 Å². The lowest BCUT2D eigenvalue weighted by Crippen LogP contribution is -2.51. The maximum absolute atomic E-state index is 13.0. The van der Waals surface area contributed by atoms with Crippen molar-refractivity contribution in [3.05, 3.63) is 41.5 Å². The highest BCUT2D eigenvalue weighted by molar-refractivity contribution is 7.86. The van der Waals surface area contributed by atoms with Crippen LogP contribution in [0.25, 0.3) is 0 Å². The Balaban J connectivity index is 1.39. The van der Waals surface area contributed by atoms with E-state index in [1.807, 2.05) is 25.1 Å². The molecule has 0 bridgehead atoms. The molecule has 31 heavy (non-hydrogen) atoms. The third-order valence-corrected chi connectivity index (χ3v) is 10.8. The van der Waals surface area contributed by atoms with Crippen LogP contribution >= 0.6 is 0 Å². The van der Waals surface area contributed by atoms with E-state index in [0.717, 1.165) is 50.5 Å². The minimum Gasteiger partial charge on any atom is -0.295 e. The molecular formula is C26H34O4S. The Morgan fingerprint density at radius 3 is 2.42 bits per heavy atom. The minimum atomic E-state index is -3.76. The molecule has 5 heteroatoms. The Bertz CT molecular complexity index is 1020. The molecule has 1 aromatic rings. The summed E-state index contributed by atoms with van der Waals surface area (Å²) in [6, 6.07) is 6.94. The van der Waals surface area contributed by atoms with Gasteiger partial charge in [0.15, 0.2) is 5.78 Å². The Labute approximate surface area is 186 Å². The summed E-state index contributed by atoms with van der Waals surface area (Å²) in [7, 11) is -3.76. The van der Waals surface area contributed by atoms with E-state index in [9.17, 15) is 13.2 Å². The monoisotopic (exact) mass is 442 g/mol. The number of carbonyl (C=O) groups is 1. The minimum absolute atomic E-state index is 0.0962. The molecule has 0 radical (unpaired) electrons. The second-order valence-electron chi connectivity index (χ2n) is 10.9. The van der Waals surface area contributed by atoms with Crippen molar-refractivity contribution in [3.8, 4) is 0 Å². The van der Waals surface area contributed by atoms with Crippen molar-refractivity contribution in [1.82, 2.24) is 0 Å². The van der Waals surface area contributed by atoms with E-state index < -0.39 is 10.1 Å². The fraction of sp³-hybridized carbons (Fsp3) is 0.654. The first kappa shape index (κ1) is 21.4. The van der Waals surface area contributed by atoms with Crippen LogP contribution in [0.3, 0.4) is 0 Å². The highest BCUT2D eigenvalue weighted by Crippen LogP contribution is 2.65. The van der Waals surface area contributed by atoms with E-state index in [1.54, 1.807) is 12.1 Å². The number of aryl methyl sites for hydroxylation is 1. The number of fused-ring (bicyclic) bond motifs is 5. The molecule has 4 aliphatic carbocycles. The van der Waals surface area contributed by atoms with Gasteiger partial charge in [0.05, 0.1) is 11.0 Å². The second-order valence-corrected chi connectivity index (χ2v) is 12.5. The van der Waals surface area contributed by atoms with Gasteiger partial charge >= 0.3 is 0 Å². The molecular weight excluding hydrogens is 408 g/mol. The van der Waals surface area contributed by atoms with Crippen LogP contribution in [0.5, 0.6) is 0 Å². The number of ketones is 1. The number of allylic oxidation sites excluding steroid dienone is 1. The fourth-order valence-corrected chi connectivity index (χ4v) is 8.79. The molecule has 0 heterocycles. The van der Waals surface area contributed by atoms with Crippen LogP contribution in [0.15, 0.2) is 40.8 Å². The van der Waals surface area contributed by atoms with Crippen LogP contribution in [0, 0.1) is 35.5 Å². The van der Waals surface area contributed by atoms with Crippen molar-refractivity contribution >= 4 is 15.9 Å². The number of benzene rings is 1. The predicted molar refractivity (Wildman–Crippen MR) is 120 cm³/mol. The molecule has 0 N–H and O–H groups in total. The first-order valence-electron chi connectivity index (χ1n) is 11.9. The molecule has 0 amide bonds. The molecule has 4 nitrogen and oxygen atoms in total. The van der Waals surface area contributed by atoms with Gasteiger partial charge in [-0.25, -0.2) is 0 Å². The molecule has 0 spiro atoms. The zero-order valence-electron chi connectivity index (χ0n) is 18.9. The molecule has 0 aliphatic heterocycles. The van der Waals surface area contributed by atoms with Crippen LogP contribution in [0.2, 0.25) is 0 Å². The lowest BCUT2D eigenvalue weighted by molar-refractivity contribution is -0.117. The van der Waals surface area contributed by atoms with Gasteiger partial charge in [-0.05, 0) is 98.7 Å². The molecule has 1 aromatic carbocycles. The maximum Gasteiger partial charge on any atom is 0.297 e. The first-order chi connectivity index (χ1) is 14.6. The van der Waals surface area contributed by atoms with Crippen molar-refractivity contribution in [3.63, 3.8) is 0 Å². The quantitative estimate of drug-likeness (QED) is 0.572. The third kappa shape index (κ3) is 3.34. The lowest BCUT2D eigenvalue weighted by atomic mass is 9.47. The number of carbonyl (C=O) groups excluding carboxylic acids is 1. The normalized spacial score (nSPS) is 40.0. The van der Waals surface area contributed by atoms with Gasteiger partial charge in [-0.3, -0.25) is 8.98 Å². The summed E-state index contributed by atoms with van der Waals surface area (Å²) in [6.07, 6.45) is 9.45. The standard InChI is InChI=1S/C26H34O4S/c1-17-4-7-20(8-5-17)31(28,29)30-24-11-10-22-21-9-6-18-16-19(27)12-14-25(18,2)23(21)13-15-26(22,24)3/h4-5,7-8,16,21-24H,6,9-15H2,1-3H3/t21?,22?,23?,24-,25-,26-/m0/s1. The zero-order chi connectivity index (χ0) is 22.0. The fourth-order valence-electron chi connectivity index (χ4n) is 7.58. The van der Waals surface area contributed by atoms with Crippen molar-refractivity contribution in [2.75, 3.05) is 0 Å². The van der Waals surface area contributed by atoms with Gasteiger partial charge in [-0.15, -0.1) is 0 Å². The first-order valence-corrected chi connectivity index (χ1v) is 13.3. The molecule has 168 valence electrons. The van der Waals surface area contributed by atoms with E-state index in [4.69, 9.17) is 4.18 Å². The molecule has 0 saturated heterocycles. The second kappa shape index (κ2) is 7.28. The molecule has 4 aliphatic rings. The predicted octanol–water partition coefficient (Wildman–Crippen LogP) is 5.60. The third-order valence-electron chi connectivity index (χ3n) is 9.43. The van der Waals surface area contributed by atoms with Gasteiger partial charge in [0.1, 0.15) is 0 Å². The molecule has 3 unspecified atom stereocenters. The van der Waals surface area contributed by atoms with Crippen molar-refractivity contribution in [1.29, 1.82) is 0 Å². The van der Waals surface area contributed by atoms with Gasteiger partial charge < -0.3 is 0 Å². The molecule has 5 rings (SSSR count). The van der Waals surface area contributed by atoms with Crippen molar-refractivity contribution in [2.24, 2.45) is 28.6 Å². The van der Waals surface area contributed by atoms with Crippen LogP contribution in [0.1, 0.15) is 70.8 Å². The van der Waals surface area contributed by atoms with Gasteiger partial charge in [0.2, 0.25) is 0 Å². The van der Waals surface area contributed by atoms with Gasteiger partial charge in [0.25, 0.3) is 10.1 Å². The van der Waals surface area contributed by atoms with E-state index in [-0.39, 0.29) is 21.8 Å². The Morgan fingerprint density at radius 1 is 0.935 bits per heavy atom. The average Bonchev–Trinajstić information content (AvgIpc) is 3.04. The Hall–Kier alpha value is -1.46. The largest absolute Gasteiger partial charge is 0.297 e. The SMILES string of the molecule is Cc1ccc(S(=O)(=O)O[C@H]2CCC3C4CCC5=CC(=O)CC[C@]5(C)C4CC[C@@]32C)cc1. The summed E-state index contributed by atoms with van der Waals surface area (Å²) in [6.45, 7) is 6.61. The van der Waals surface area contributed by atoms with E-state index in [1.165, 1.54) is 5.57 Å². The van der Waals surface area contributed by atoms with Gasteiger partial charge in [-0.2, -0.15) is 8.42 Å². The number of rotatable bonds is 3. The van der Waals surface area contributed by atoms with Gasteiger partial charge in [0, 0.05) is 6.42 Å². The highest BCUT2D eigenvalue weighted by atomic mass is 32.2. The smallest absolute Gasteiger partial charge is 0.295 e. The summed E-state index contributed by atoms with van der Waals surface area (Å²) < 4.78 is 32.0. The average molecular weight is 443 g/mol. The topological polar surface area (TPSA) is 60.4 Å². The van der Waals surface area contributed by atoms with Gasteiger partial charge in [-0.1, -0.05) is 37.1 Å². The highest BCUT2D eigenvalue weighted by Gasteiger charge is 2.60. The summed E-state index contributed by atoms with van der Waals surface area (Å²) in [5.41, 5.74) is 2.46. The Kier molecular flexibility index (Phi) is 5.02. The lowest BCUT2D eigenvalue weighted by Gasteiger charge is -2.57. The van der Waals surface area contributed by atoms with Crippen LogP contribution in [-0.4, -0.2) is 20.3 Å². The summed E-state index contributed by atoms with van der Waals surface area (Å²) in [5.74, 6) is 2.00. The Morgan fingerprint density at radius 2 is 1.68 bits per heavy atom. The molecule has 3 fully saturated rings. The summed E-state index contributed by atoms with van der Waals surface area (Å²) in [4.78, 5) is 12.3. The van der Waals surface area contributed by atoms with Crippen molar-refractivity contribution in [2.45, 2.75) is 83.1 Å². The van der Waals surface area contributed by atoms with Crippen molar-refractivity contribution < 1.29 is 17.4 Å². The zero-order valence-corrected chi connectivity index (χ0v) is 19.7. The van der Waals surface area contributed by atoms with Crippen LogP contribution in [0.4, 0.5) is 0 Å².